The molecule has 1 atom stereocenters. The highest BCUT2D eigenvalue weighted by molar-refractivity contribution is 7.98. The second-order valence-electron chi connectivity index (χ2n) is 5.92. The van der Waals surface area contributed by atoms with E-state index in [4.69, 9.17) is 0 Å². The van der Waals surface area contributed by atoms with Crippen LogP contribution in [0.15, 0.2) is 34.0 Å². The minimum atomic E-state index is -3.79. The fraction of sp³-hybridized carbons (Fsp3) is 0.412. The zero-order chi connectivity index (χ0) is 19.2. The van der Waals surface area contributed by atoms with Gasteiger partial charge in [-0.05, 0) is 49.5 Å². The summed E-state index contributed by atoms with van der Waals surface area (Å²) < 4.78 is 28.2. The van der Waals surface area contributed by atoms with Gasteiger partial charge in [0.15, 0.2) is 0 Å². The van der Waals surface area contributed by atoms with Gasteiger partial charge in [-0.25, -0.2) is 13.4 Å². The van der Waals surface area contributed by atoms with Crippen LogP contribution in [0.25, 0.3) is 0 Å². The quantitative estimate of drug-likeness (QED) is 0.659. The molecule has 0 unspecified atom stereocenters. The number of thiazole rings is 1. The minimum absolute atomic E-state index is 0.207. The molecule has 9 heteroatoms. The van der Waals surface area contributed by atoms with Crippen LogP contribution in [0.1, 0.15) is 23.2 Å². The molecule has 2 rings (SSSR count). The van der Waals surface area contributed by atoms with Crippen molar-refractivity contribution in [2.75, 3.05) is 12.0 Å². The Labute approximate surface area is 162 Å². The predicted molar refractivity (Wildman–Crippen MR) is 107 cm³/mol. The van der Waals surface area contributed by atoms with Crippen molar-refractivity contribution >= 4 is 39.0 Å². The van der Waals surface area contributed by atoms with Gasteiger partial charge in [-0.2, -0.15) is 16.5 Å². The van der Waals surface area contributed by atoms with Gasteiger partial charge >= 0.3 is 0 Å². The Balaban J connectivity index is 2.14. The average Bonchev–Trinajstić information content (AvgIpc) is 3.12. The fourth-order valence-corrected chi connectivity index (χ4v) is 4.94. The summed E-state index contributed by atoms with van der Waals surface area (Å²) in [4.78, 5) is 16.9. The number of sulfonamides is 1. The first-order valence-corrected chi connectivity index (χ1v) is 11.9. The van der Waals surface area contributed by atoms with Crippen molar-refractivity contribution in [3.05, 3.63) is 45.9 Å². The van der Waals surface area contributed by atoms with E-state index in [2.05, 4.69) is 15.0 Å². The third-order valence-electron chi connectivity index (χ3n) is 3.78. The van der Waals surface area contributed by atoms with Crippen LogP contribution in [-0.4, -0.2) is 37.4 Å². The van der Waals surface area contributed by atoms with Crippen molar-refractivity contribution in [3.63, 3.8) is 0 Å². The first kappa shape index (κ1) is 20.9. The van der Waals surface area contributed by atoms with E-state index in [1.807, 2.05) is 24.6 Å². The van der Waals surface area contributed by atoms with Gasteiger partial charge in [0.1, 0.15) is 6.04 Å². The maximum Gasteiger partial charge on any atom is 0.241 e. The molecule has 0 saturated carbocycles. The van der Waals surface area contributed by atoms with Crippen LogP contribution in [0, 0.1) is 13.8 Å². The van der Waals surface area contributed by atoms with Crippen molar-refractivity contribution in [1.29, 1.82) is 0 Å². The van der Waals surface area contributed by atoms with Crippen molar-refractivity contribution in [3.8, 4) is 0 Å². The Morgan fingerprint density at radius 1 is 1.35 bits per heavy atom. The number of aromatic nitrogens is 1. The molecule has 1 heterocycles. The van der Waals surface area contributed by atoms with E-state index in [-0.39, 0.29) is 17.3 Å². The topological polar surface area (TPSA) is 88.2 Å². The molecule has 2 N–H and O–H groups in total. The zero-order valence-electron chi connectivity index (χ0n) is 15.0. The smallest absolute Gasteiger partial charge is 0.241 e. The van der Waals surface area contributed by atoms with Gasteiger partial charge in [-0.15, -0.1) is 11.3 Å². The summed E-state index contributed by atoms with van der Waals surface area (Å²) >= 11 is 3.01. The molecule has 0 radical (unpaired) electrons. The lowest BCUT2D eigenvalue weighted by atomic mass is 10.2. The van der Waals surface area contributed by atoms with E-state index >= 15 is 0 Å². The number of carbonyl (C=O) groups is 1. The van der Waals surface area contributed by atoms with E-state index in [1.165, 1.54) is 11.3 Å². The molecule has 1 amide bonds. The maximum absolute atomic E-state index is 12.8. The summed E-state index contributed by atoms with van der Waals surface area (Å²) in [7, 11) is -3.79. The molecular formula is C17H23N3O3S3. The van der Waals surface area contributed by atoms with Crippen LogP contribution in [0.3, 0.4) is 0 Å². The highest BCUT2D eigenvalue weighted by Gasteiger charge is 2.26. The maximum atomic E-state index is 12.8. The standard InChI is InChI=1S/C17H23N3O3S3/c1-12-4-5-13(2)16(8-12)26(22,23)20-15(6-7-24-3)17(21)18-9-14-10-25-11-19-14/h4-5,8,10-11,15,20H,6-7,9H2,1-3H3,(H,18,21)/t15-/m0/s1. The molecule has 0 aliphatic carbocycles. The van der Waals surface area contributed by atoms with Crippen LogP contribution in [-0.2, 0) is 21.4 Å². The van der Waals surface area contributed by atoms with Crippen molar-refractivity contribution in [2.24, 2.45) is 0 Å². The lowest BCUT2D eigenvalue weighted by Crippen LogP contribution is -2.46. The molecule has 0 fully saturated rings. The van der Waals surface area contributed by atoms with E-state index < -0.39 is 16.1 Å². The Morgan fingerprint density at radius 3 is 2.77 bits per heavy atom. The van der Waals surface area contributed by atoms with Crippen LogP contribution in [0.2, 0.25) is 0 Å². The molecule has 1 aromatic carbocycles. The molecule has 0 bridgehead atoms. The molecule has 0 saturated heterocycles. The summed E-state index contributed by atoms with van der Waals surface area (Å²) in [5, 5.41) is 4.61. The van der Waals surface area contributed by atoms with Gasteiger partial charge < -0.3 is 5.32 Å². The molecule has 2 aromatic rings. The summed E-state index contributed by atoms with van der Waals surface area (Å²) in [5.74, 6) is 0.324. The molecule has 142 valence electrons. The molecular weight excluding hydrogens is 390 g/mol. The number of nitrogens with zero attached hydrogens (tertiary/aromatic N) is 1. The summed E-state index contributed by atoms with van der Waals surface area (Å²) in [6.45, 7) is 3.86. The second-order valence-corrected chi connectivity index (χ2v) is 9.31. The number of thioether (sulfide) groups is 1. The number of hydrogen-bond donors (Lipinski definition) is 2. The molecule has 1 aromatic heterocycles. The number of carbonyl (C=O) groups excluding carboxylic acids is 1. The zero-order valence-corrected chi connectivity index (χ0v) is 17.4. The van der Waals surface area contributed by atoms with Gasteiger partial charge in [0, 0.05) is 5.38 Å². The van der Waals surface area contributed by atoms with Gasteiger partial charge in [0.2, 0.25) is 15.9 Å². The average molecular weight is 414 g/mol. The van der Waals surface area contributed by atoms with E-state index in [0.717, 1.165) is 11.3 Å². The Bertz CT molecular complexity index is 836. The lowest BCUT2D eigenvalue weighted by molar-refractivity contribution is -0.122. The van der Waals surface area contributed by atoms with Crippen LogP contribution >= 0.6 is 23.1 Å². The summed E-state index contributed by atoms with van der Waals surface area (Å²) in [5.41, 5.74) is 3.94. The van der Waals surface area contributed by atoms with Gasteiger partial charge in [0.05, 0.1) is 22.6 Å². The predicted octanol–water partition coefficient (Wildman–Crippen LogP) is 2.48. The normalized spacial score (nSPS) is 12.7. The first-order chi connectivity index (χ1) is 12.3. The van der Waals surface area contributed by atoms with Gasteiger partial charge in [0.25, 0.3) is 0 Å². The van der Waals surface area contributed by atoms with Crippen LogP contribution in [0.4, 0.5) is 0 Å². The number of nitrogens with one attached hydrogen (secondary N) is 2. The first-order valence-electron chi connectivity index (χ1n) is 8.07. The molecule has 6 nitrogen and oxygen atoms in total. The number of rotatable bonds is 9. The molecule has 0 spiro atoms. The SMILES string of the molecule is CSCC[C@H](NS(=O)(=O)c1cc(C)ccc1C)C(=O)NCc1cscn1. The largest absolute Gasteiger partial charge is 0.349 e. The highest BCUT2D eigenvalue weighted by atomic mass is 32.2. The summed E-state index contributed by atoms with van der Waals surface area (Å²) in [6.07, 6.45) is 2.33. The number of hydrogen-bond acceptors (Lipinski definition) is 6. The van der Waals surface area contributed by atoms with Crippen LogP contribution in [0.5, 0.6) is 0 Å². The monoisotopic (exact) mass is 413 g/mol. The molecule has 0 aliphatic rings. The van der Waals surface area contributed by atoms with E-state index in [0.29, 0.717) is 17.7 Å². The van der Waals surface area contributed by atoms with E-state index in [9.17, 15) is 13.2 Å². The number of amides is 1. The minimum Gasteiger partial charge on any atom is -0.349 e. The van der Waals surface area contributed by atoms with E-state index in [1.54, 1.807) is 36.3 Å². The Hall–Kier alpha value is -1.42. The molecule has 0 aliphatic heterocycles. The van der Waals surface area contributed by atoms with Crippen LogP contribution < -0.4 is 10.0 Å². The van der Waals surface area contributed by atoms with Crippen molar-refractivity contribution in [2.45, 2.75) is 37.8 Å². The Kier molecular flexibility index (Phi) is 7.63. The molecule has 26 heavy (non-hydrogen) atoms. The Morgan fingerprint density at radius 2 is 2.12 bits per heavy atom. The highest BCUT2D eigenvalue weighted by Crippen LogP contribution is 2.18. The van der Waals surface area contributed by atoms with Gasteiger partial charge in [-0.3, -0.25) is 4.79 Å². The number of aryl methyl sites for hydroxylation is 2. The lowest BCUT2D eigenvalue weighted by Gasteiger charge is -2.19. The van der Waals surface area contributed by atoms with Crippen molar-refractivity contribution < 1.29 is 13.2 Å². The third kappa shape index (κ3) is 5.80. The second kappa shape index (κ2) is 9.50. The third-order valence-corrected chi connectivity index (χ3v) is 6.68. The summed E-state index contributed by atoms with van der Waals surface area (Å²) in [6, 6.07) is 4.42. The van der Waals surface area contributed by atoms with Crippen molar-refractivity contribution in [1.82, 2.24) is 15.0 Å². The van der Waals surface area contributed by atoms with Gasteiger partial charge in [-0.1, -0.05) is 12.1 Å². The number of benzene rings is 1. The fourth-order valence-electron chi connectivity index (χ4n) is 2.35.